The van der Waals surface area contributed by atoms with Crippen molar-refractivity contribution >= 4 is 29.9 Å². The normalized spacial score (nSPS) is 17.8. The smallest absolute Gasteiger partial charge is 0.194 e. The van der Waals surface area contributed by atoms with Gasteiger partial charge in [-0.05, 0) is 30.9 Å². The van der Waals surface area contributed by atoms with E-state index in [1.807, 2.05) is 6.07 Å². The number of aromatic nitrogens is 1. The first-order valence-electron chi connectivity index (χ1n) is 11.3. The molecular weight excluding hydrogens is 503 g/mol. The third-order valence-corrected chi connectivity index (χ3v) is 5.99. The van der Waals surface area contributed by atoms with Gasteiger partial charge in [0.25, 0.3) is 0 Å². The molecule has 31 heavy (non-hydrogen) atoms. The molecule has 0 radical (unpaired) electrons. The van der Waals surface area contributed by atoms with Gasteiger partial charge in [-0.3, -0.25) is 14.8 Å². The van der Waals surface area contributed by atoms with E-state index in [0.717, 1.165) is 83.5 Å². The van der Waals surface area contributed by atoms with Crippen molar-refractivity contribution in [2.75, 3.05) is 52.4 Å². The van der Waals surface area contributed by atoms with Gasteiger partial charge in [-0.2, -0.15) is 0 Å². The second kappa shape index (κ2) is 12.4. The molecule has 1 saturated heterocycles. The zero-order chi connectivity index (χ0) is 20.6. The van der Waals surface area contributed by atoms with Crippen LogP contribution in [0.4, 0.5) is 0 Å². The van der Waals surface area contributed by atoms with E-state index in [1.54, 1.807) is 6.26 Å². The number of rotatable bonds is 7. The minimum absolute atomic E-state index is 0. The van der Waals surface area contributed by atoms with Crippen molar-refractivity contribution in [2.24, 2.45) is 4.99 Å². The van der Waals surface area contributed by atoms with Crippen LogP contribution in [0.15, 0.2) is 46.1 Å². The van der Waals surface area contributed by atoms with Crippen LogP contribution >= 0.6 is 24.0 Å². The van der Waals surface area contributed by atoms with Crippen LogP contribution in [0.5, 0.6) is 0 Å². The molecule has 0 unspecified atom stereocenters. The van der Waals surface area contributed by atoms with Gasteiger partial charge < -0.3 is 14.7 Å². The summed E-state index contributed by atoms with van der Waals surface area (Å²) in [5, 5.41) is 7.51. The summed E-state index contributed by atoms with van der Waals surface area (Å²) in [6.45, 7) is 12.2. The van der Waals surface area contributed by atoms with E-state index in [1.165, 1.54) is 17.5 Å². The van der Waals surface area contributed by atoms with Crippen molar-refractivity contribution in [3.8, 4) is 0 Å². The largest absolute Gasteiger partial charge is 0.364 e. The van der Waals surface area contributed by atoms with Crippen molar-refractivity contribution in [1.29, 1.82) is 0 Å². The first-order valence-corrected chi connectivity index (χ1v) is 11.3. The summed E-state index contributed by atoms with van der Waals surface area (Å²) in [6.07, 6.45) is 3.91. The highest BCUT2D eigenvalue weighted by Gasteiger charge is 2.20. The maximum Gasteiger partial charge on any atom is 0.194 e. The molecule has 1 aromatic carbocycles. The molecule has 7 nitrogen and oxygen atoms in total. The first-order chi connectivity index (χ1) is 14.8. The Morgan fingerprint density at radius 1 is 1.06 bits per heavy atom. The molecule has 0 spiro atoms. The SMILES string of the molecule is CCNC(=NCCCN1CCc2ccccc2C1)N1CCN(Cc2ccon2)CC1.I. The number of halogens is 1. The lowest BCUT2D eigenvalue weighted by Crippen LogP contribution is -2.52. The molecule has 0 atom stereocenters. The lowest BCUT2D eigenvalue weighted by molar-refractivity contribution is 0.169. The van der Waals surface area contributed by atoms with Crippen LogP contribution in [0, 0.1) is 0 Å². The third-order valence-electron chi connectivity index (χ3n) is 5.99. The van der Waals surface area contributed by atoms with E-state index in [2.05, 4.69) is 56.4 Å². The minimum Gasteiger partial charge on any atom is -0.364 e. The Labute approximate surface area is 202 Å². The lowest BCUT2D eigenvalue weighted by Gasteiger charge is -2.36. The van der Waals surface area contributed by atoms with Crippen LogP contribution < -0.4 is 5.32 Å². The van der Waals surface area contributed by atoms with Crippen LogP contribution in [-0.2, 0) is 19.5 Å². The van der Waals surface area contributed by atoms with Gasteiger partial charge >= 0.3 is 0 Å². The number of guanidine groups is 1. The standard InChI is InChI=1S/C23H34N6O.HI/c1-2-24-23(29-15-13-28(14-16-29)19-22-9-17-30-26-22)25-10-5-11-27-12-8-20-6-3-4-7-21(20)18-27;/h3-4,6-7,9,17H,2,5,8,10-16,18-19H2,1H3,(H,24,25);1H. The Morgan fingerprint density at radius 3 is 2.61 bits per heavy atom. The summed E-state index contributed by atoms with van der Waals surface area (Å²) < 4.78 is 4.94. The summed E-state index contributed by atoms with van der Waals surface area (Å²) in [6, 6.07) is 10.8. The average molecular weight is 538 g/mol. The Kier molecular flexibility index (Phi) is 9.60. The topological polar surface area (TPSA) is 60.1 Å². The van der Waals surface area contributed by atoms with E-state index in [0.29, 0.717) is 0 Å². The van der Waals surface area contributed by atoms with E-state index in [4.69, 9.17) is 9.52 Å². The number of piperazine rings is 1. The molecule has 1 aromatic heterocycles. The fourth-order valence-electron chi connectivity index (χ4n) is 4.32. The van der Waals surface area contributed by atoms with Gasteiger partial charge in [-0.25, -0.2) is 0 Å². The minimum atomic E-state index is 0. The predicted molar refractivity (Wildman–Crippen MR) is 135 cm³/mol. The average Bonchev–Trinajstić information content (AvgIpc) is 3.29. The lowest BCUT2D eigenvalue weighted by atomic mass is 10.00. The molecule has 0 saturated carbocycles. The van der Waals surface area contributed by atoms with Crippen molar-refractivity contribution < 1.29 is 4.52 Å². The molecule has 2 aromatic rings. The molecule has 1 fully saturated rings. The summed E-state index contributed by atoms with van der Waals surface area (Å²) in [5.41, 5.74) is 4.01. The van der Waals surface area contributed by atoms with Gasteiger partial charge in [0.05, 0.1) is 5.69 Å². The number of hydrogen-bond donors (Lipinski definition) is 1. The van der Waals surface area contributed by atoms with Gasteiger partial charge in [-0.15, -0.1) is 24.0 Å². The summed E-state index contributed by atoms with van der Waals surface area (Å²) in [5.74, 6) is 1.06. The Morgan fingerprint density at radius 2 is 1.87 bits per heavy atom. The molecule has 0 amide bonds. The molecule has 1 N–H and O–H groups in total. The van der Waals surface area contributed by atoms with E-state index in [9.17, 15) is 0 Å². The Hall–Kier alpha value is -1.65. The first kappa shape index (κ1) is 24.0. The van der Waals surface area contributed by atoms with Gasteiger partial charge in [0.1, 0.15) is 6.26 Å². The highest BCUT2D eigenvalue weighted by molar-refractivity contribution is 14.0. The maximum absolute atomic E-state index is 4.94. The number of benzene rings is 1. The van der Waals surface area contributed by atoms with E-state index >= 15 is 0 Å². The van der Waals surface area contributed by atoms with Gasteiger partial charge in [0, 0.05) is 71.5 Å². The summed E-state index contributed by atoms with van der Waals surface area (Å²) in [4.78, 5) is 12.3. The summed E-state index contributed by atoms with van der Waals surface area (Å²) >= 11 is 0. The highest BCUT2D eigenvalue weighted by atomic mass is 127. The fourth-order valence-corrected chi connectivity index (χ4v) is 4.32. The second-order valence-electron chi connectivity index (χ2n) is 8.14. The molecule has 0 bridgehead atoms. The third kappa shape index (κ3) is 6.92. The zero-order valence-electron chi connectivity index (χ0n) is 18.5. The summed E-state index contributed by atoms with van der Waals surface area (Å²) in [7, 11) is 0. The van der Waals surface area contributed by atoms with Crippen molar-refractivity contribution in [3.63, 3.8) is 0 Å². The van der Waals surface area contributed by atoms with Crippen molar-refractivity contribution in [3.05, 3.63) is 53.4 Å². The van der Waals surface area contributed by atoms with E-state index in [-0.39, 0.29) is 24.0 Å². The quantitative estimate of drug-likeness (QED) is 0.253. The molecular formula is C23H35IN6O. The number of aliphatic imine (C=N–C) groups is 1. The van der Waals surface area contributed by atoms with Crippen LogP contribution in [0.25, 0.3) is 0 Å². The van der Waals surface area contributed by atoms with Crippen LogP contribution in [0.1, 0.15) is 30.2 Å². The number of nitrogens with one attached hydrogen (secondary N) is 1. The number of nitrogens with zero attached hydrogens (tertiary/aromatic N) is 5. The Balaban J connectivity index is 0.00000272. The fraction of sp³-hybridized carbons (Fsp3) is 0.565. The highest BCUT2D eigenvalue weighted by Crippen LogP contribution is 2.18. The predicted octanol–water partition coefficient (Wildman–Crippen LogP) is 2.82. The molecule has 3 heterocycles. The molecule has 8 heteroatoms. The Bertz CT molecular complexity index is 804. The number of hydrogen-bond acceptors (Lipinski definition) is 5. The van der Waals surface area contributed by atoms with Crippen molar-refractivity contribution in [1.82, 2.24) is 25.2 Å². The number of fused-ring (bicyclic) bond motifs is 1. The molecule has 0 aliphatic carbocycles. The zero-order valence-corrected chi connectivity index (χ0v) is 20.8. The van der Waals surface area contributed by atoms with Crippen LogP contribution in [0.2, 0.25) is 0 Å². The molecule has 4 rings (SSSR count). The van der Waals surface area contributed by atoms with Crippen molar-refractivity contribution in [2.45, 2.75) is 32.9 Å². The van der Waals surface area contributed by atoms with Gasteiger partial charge in [-0.1, -0.05) is 29.4 Å². The monoisotopic (exact) mass is 538 g/mol. The molecule has 170 valence electrons. The molecule has 2 aliphatic rings. The van der Waals surface area contributed by atoms with Gasteiger partial charge in [0.15, 0.2) is 5.96 Å². The van der Waals surface area contributed by atoms with E-state index < -0.39 is 0 Å². The van der Waals surface area contributed by atoms with Gasteiger partial charge in [0.2, 0.25) is 0 Å². The van der Waals surface area contributed by atoms with Crippen LogP contribution in [0.3, 0.4) is 0 Å². The van der Waals surface area contributed by atoms with Crippen LogP contribution in [-0.4, -0.2) is 78.2 Å². The second-order valence-corrected chi connectivity index (χ2v) is 8.14. The maximum atomic E-state index is 4.94. The molecule has 2 aliphatic heterocycles.